The molecule has 0 aromatic heterocycles. The fourth-order valence-corrected chi connectivity index (χ4v) is 2.51. The zero-order valence-corrected chi connectivity index (χ0v) is 11.4. The third kappa shape index (κ3) is 2.62. The molecule has 2 rings (SSSR count). The molecule has 0 spiro atoms. The monoisotopic (exact) mass is 239 g/mol. The Balaban J connectivity index is 2.33. The average Bonchev–Trinajstić information content (AvgIpc) is 2.32. The van der Waals surface area contributed by atoms with E-state index >= 15 is 0 Å². The highest BCUT2D eigenvalue weighted by Crippen LogP contribution is 2.26. The van der Waals surface area contributed by atoms with Crippen LogP contribution in [-0.4, -0.2) is 0 Å². The molecule has 2 aromatic carbocycles. The Labute approximate surface area is 110 Å². The number of hydrogen-bond donors (Lipinski definition) is 1. The molecule has 1 nitrogen and oxygen atoms in total. The summed E-state index contributed by atoms with van der Waals surface area (Å²) in [4.78, 5) is 0. The first kappa shape index (κ1) is 12.8. The molecule has 0 bridgehead atoms. The first-order valence-electron chi connectivity index (χ1n) is 6.40. The van der Waals surface area contributed by atoms with E-state index in [1.807, 2.05) is 0 Å². The summed E-state index contributed by atoms with van der Waals surface area (Å²) in [6.07, 6.45) is 0.866. The van der Waals surface area contributed by atoms with Crippen molar-refractivity contribution in [2.45, 2.75) is 32.7 Å². The Kier molecular flexibility index (Phi) is 3.53. The maximum Gasteiger partial charge on any atom is 0.0424 e. The van der Waals surface area contributed by atoms with Crippen molar-refractivity contribution in [2.24, 2.45) is 5.73 Å². The zero-order chi connectivity index (χ0) is 13.2. The van der Waals surface area contributed by atoms with Gasteiger partial charge in [0.15, 0.2) is 0 Å². The second kappa shape index (κ2) is 4.95. The molecule has 0 aliphatic heterocycles. The molecule has 2 aromatic rings. The van der Waals surface area contributed by atoms with Crippen LogP contribution in [0, 0.1) is 13.8 Å². The summed E-state index contributed by atoms with van der Waals surface area (Å²) in [6.45, 7) is 6.38. The van der Waals surface area contributed by atoms with Crippen molar-refractivity contribution in [3.05, 3.63) is 70.8 Å². The van der Waals surface area contributed by atoms with Crippen LogP contribution in [0.4, 0.5) is 0 Å². The Morgan fingerprint density at radius 3 is 2.06 bits per heavy atom. The summed E-state index contributed by atoms with van der Waals surface area (Å²) in [5, 5.41) is 0. The summed E-state index contributed by atoms with van der Waals surface area (Å²) in [7, 11) is 0. The Hall–Kier alpha value is -1.60. The van der Waals surface area contributed by atoms with E-state index in [-0.39, 0.29) is 5.54 Å². The maximum absolute atomic E-state index is 6.54. The quantitative estimate of drug-likeness (QED) is 0.868. The molecule has 0 heterocycles. The van der Waals surface area contributed by atoms with Crippen LogP contribution < -0.4 is 5.73 Å². The number of nitrogens with two attached hydrogens (primary N) is 1. The van der Waals surface area contributed by atoms with Crippen LogP contribution in [0.2, 0.25) is 0 Å². The van der Waals surface area contributed by atoms with Crippen molar-refractivity contribution in [2.75, 3.05) is 0 Å². The van der Waals surface area contributed by atoms with E-state index in [4.69, 9.17) is 5.73 Å². The lowest BCUT2D eigenvalue weighted by atomic mass is 9.83. The van der Waals surface area contributed by atoms with Gasteiger partial charge in [0.25, 0.3) is 0 Å². The molecule has 94 valence electrons. The third-order valence-electron chi connectivity index (χ3n) is 3.58. The molecule has 0 saturated heterocycles. The number of rotatable bonds is 3. The van der Waals surface area contributed by atoms with Crippen LogP contribution in [0.25, 0.3) is 0 Å². The number of hydrogen-bond acceptors (Lipinski definition) is 1. The zero-order valence-electron chi connectivity index (χ0n) is 11.4. The predicted octanol–water partition coefficient (Wildman–Crippen LogP) is 3.72. The van der Waals surface area contributed by atoms with E-state index < -0.39 is 0 Å². The van der Waals surface area contributed by atoms with E-state index in [0.29, 0.717) is 0 Å². The number of benzene rings is 2. The molecule has 0 amide bonds. The topological polar surface area (TPSA) is 26.0 Å². The lowest BCUT2D eigenvalue weighted by Crippen LogP contribution is -2.36. The van der Waals surface area contributed by atoms with Gasteiger partial charge in [0.2, 0.25) is 0 Å². The van der Waals surface area contributed by atoms with Gasteiger partial charge in [0.1, 0.15) is 0 Å². The van der Waals surface area contributed by atoms with Crippen molar-refractivity contribution < 1.29 is 0 Å². The Morgan fingerprint density at radius 2 is 1.44 bits per heavy atom. The maximum atomic E-state index is 6.54. The van der Waals surface area contributed by atoms with Crippen molar-refractivity contribution in [1.82, 2.24) is 0 Å². The molecule has 0 radical (unpaired) electrons. The van der Waals surface area contributed by atoms with E-state index in [1.165, 1.54) is 22.3 Å². The standard InChI is InChI=1S/C17H21N/c1-13-8-4-6-10-15(13)12-17(3,18)16-11-7-5-9-14(16)2/h4-11H,12,18H2,1-3H3. The summed E-state index contributed by atoms with van der Waals surface area (Å²) >= 11 is 0. The van der Waals surface area contributed by atoms with Gasteiger partial charge in [-0.15, -0.1) is 0 Å². The van der Waals surface area contributed by atoms with Gasteiger partial charge in [-0.25, -0.2) is 0 Å². The smallest absolute Gasteiger partial charge is 0.0424 e. The lowest BCUT2D eigenvalue weighted by Gasteiger charge is -2.28. The fourth-order valence-electron chi connectivity index (χ4n) is 2.51. The minimum Gasteiger partial charge on any atom is -0.321 e. The highest BCUT2D eigenvalue weighted by atomic mass is 14.7. The van der Waals surface area contributed by atoms with Crippen LogP contribution >= 0.6 is 0 Å². The Bertz CT molecular complexity index is 541. The molecule has 2 N–H and O–H groups in total. The van der Waals surface area contributed by atoms with Crippen LogP contribution in [0.1, 0.15) is 29.2 Å². The van der Waals surface area contributed by atoms with E-state index in [2.05, 4.69) is 69.3 Å². The molecular weight excluding hydrogens is 218 g/mol. The van der Waals surface area contributed by atoms with Gasteiger partial charge in [-0.2, -0.15) is 0 Å². The first-order valence-corrected chi connectivity index (χ1v) is 6.40. The van der Waals surface area contributed by atoms with Crippen molar-refractivity contribution in [3.63, 3.8) is 0 Å². The van der Waals surface area contributed by atoms with Gasteiger partial charge in [0, 0.05) is 5.54 Å². The summed E-state index contributed by atoms with van der Waals surface area (Å²) < 4.78 is 0. The van der Waals surface area contributed by atoms with Gasteiger partial charge < -0.3 is 5.73 Å². The molecule has 1 atom stereocenters. The van der Waals surface area contributed by atoms with E-state index in [1.54, 1.807) is 0 Å². The Morgan fingerprint density at radius 1 is 0.889 bits per heavy atom. The molecule has 1 heteroatoms. The van der Waals surface area contributed by atoms with Gasteiger partial charge in [-0.1, -0.05) is 48.5 Å². The number of aryl methyl sites for hydroxylation is 2. The van der Waals surface area contributed by atoms with E-state index in [9.17, 15) is 0 Å². The summed E-state index contributed by atoms with van der Waals surface area (Å²) in [5.41, 5.74) is 11.3. The summed E-state index contributed by atoms with van der Waals surface area (Å²) in [6, 6.07) is 16.8. The molecule has 1 unspecified atom stereocenters. The molecule has 0 saturated carbocycles. The second-order valence-corrected chi connectivity index (χ2v) is 5.34. The lowest BCUT2D eigenvalue weighted by molar-refractivity contribution is 0.487. The van der Waals surface area contributed by atoms with Crippen LogP contribution in [0.3, 0.4) is 0 Å². The normalized spacial score (nSPS) is 14.2. The van der Waals surface area contributed by atoms with Crippen LogP contribution in [-0.2, 0) is 12.0 Å². The van der Waals surface area contributed by atoms with Gasteiger partial charge in [0.05, 0.1) is 0 Å². The first-order chi connectivity index (χ1) is 8.50. The van der Waals surface area contributed by atoms with Crippen LogP contribution in [0.15, 0.2) is 48.5 Å². The minimum atomic E-state index is -0.322. The molecule has 0 aliphatic carbocycles. The van der Waals surface area contributed by atoms with Crippen molar-refractivity contribution >= 4 is 0 Å². The predicted molar refractivity (Wildman–Crippen MR) is 77.6 cm³/mol. The highest BCUT2D eigenvalue weighted by Gasteiger charge is 2.23. The molecule has 18 heavy (non-hydrogen) atoms. The third-order valence-corrected chi connectivity index (χ3v) is 3.58. The van der Waals surface area contributed by atoms with Gasteiger partial charge >= 0.3 is 0 Å². The van der Waals surface area contributed by atoms with Gasteiger partial charge in [-0.05, 0) is 49.4 Å². The highest BCUT2D eigenvalue weighted by molar-refractivity contribution is 5.35. The fraction of sp³-hybridized carbons (Fsp3) is 0.294. The van der Waals surface area contributed by atoms with Crippen molar-refractivity contribution in [1.29, 1.82) is 0 Å². The molecule has 0 fully saturated rings. The van der Waals surface area contributed by atoms with E-state index in [0.717, 1.165) is 6.42 Å². The van der Waals surface area contributed by atoms with Crippen molar-refractivity contribution in [3.8, 4) is 0 Å². The largest absolute Gasteiger partial charge is 0.321 e. The average molecular weight is 239 g/mol. The second-order valence-electron chi connectivity index (χ2n) is 5.34. The SMILES string of the molecule is Cc1ccccc1CC(C)(N)c1ccccc1C. The van der Waals surface area contributed by atoms with Crippen LogP contribution in [0.5, 0.6) is 0 Å². The summed E-state index contributed by atoms with van der Waals surface area (Å²) in [5.74, 6) is 0. The minimum absolute atomic E-state index is 0.322. The molecular formula is C17H21N. The molecule has 0 aliphatic rings. The van der Waals surface area contributed by atoms with Gasteiger partial charge in [-0.3, -0.25) is 0 Å².